The number of aliphatic hydroxyl groups excluding tert-OH is 1. The molecule has 2 N–H and O–H groups in total. The number of hydrogen-bond donors (Lipinski definition) is 2. The van der Waals surface area contributed by atoms with Gasteiger partial charge in [-0.05, 0) is 6.42 Å². The van der Waals surface area contributed by atoms with Crippen LogP contribution >= 0.6 is 0 Å². The lowest BCUT2D eigenvalue weighted by Crippen LogP contribution is -2.53. The van der Waals surface area contributed by atoms with Crippen LogP contribution in [0.5, 0.6) is 0 Å². The smallest absolute Gasteiger partial charge is 0.309 e. The number of hydrogen-bond acceptors (Lipinski definition) is 4. The molecule has 0 amide bonds. The third-order valence-electron chi connectivity index (χ3n) is 2.73. The van der Waals surface area contributed by atoms with Crippen LogP contribution < -0.4 is 0 Å². The number of carboxylic acids is 1. The molecule has 1 saturated heterocycles. The van der Waals surface area contributed by atoms with Crippen LogP contribution in [-0.2, 0) is 9.53 Å². The van der Waals surface area contributed by atoms with E-state index in [9.17, 15) is 9.90 Å². The van der Waals surface area contributed by atoms with Gasteiger partial charge in [0.15, 0.2) is 0 Å². The Hall–Kier alpha value is -0.650. The van der Waals surface area contributed by atoms with Crippen LogP contribution in [0.25, 0.3) is 0 Å². The predicted molar refractivity (Wildman–Crippen MR) is 59.3 cm³/mol. The number of carbonyl (C=O) groups is 1. The van der Waals surface area contributed by atoms with Gasteiger partial charge in [0.1, 0.15) is 0 Å². The fourth-order valence-corrected chi connectivity index (χ4v) is 1.69. The molecular weight excluding hydrogens is 210 g/mol. The Morgan fingerprint density at radius 2 is 2.25 bits per heavy atom. The third kappa shape index (κ3) is 4.47. The van der Waals surface area contributed by atoms with Crippen LogP contribution in [0.4, 0.5) is 0 Å². The molecule has 16 heavy (non-hydrogen) atoms. The number of β-amino-alcohol motifs (C(OH)–C–C–N with tert-alkyl or cyclic N) is 1. The van der Waals surface area contributed by atoms with Gasteiger partial charge < -0.3 is 14.9 Å². The molecule has 94 valence electrons. The average molecular weight is 231 g/mol. The van der Waals surface area contributed by atoms with Crippen molar-refractivity contribution in [2.75, 3.05) is 32.8 Å². The first kappa shape index (κ1) is 13.4. The summed E-state index contributed by atoms with van der Waals surface area (Å²) < 4.78 is 5.29. The van der Waals surface area contributed by atoms with Crippen LogP contribution in [0.15, 0.2) is 0 Å². The molecule has 0 aliphatic carbocycles. The van der Waals surface area contributed by atoms with Crippen molar-refractivity contribution < 1.29 is 19.7 Å². The highest BCUT2D eigenvalue weighted by Crippen LogP contribution is 2.15. The van der Waals surface area contributed by atoms with Gasteiger partial charge in [-0.3, -0.25) is 9.69 Å². The Morgan fingerprint density at radius 3 is 2.81 bits per heavy atom. The maximum absolute atomic E-state index is 10.5. The molecule has 1 aliphatic heterocycles. The van der Waals surface area contributed by atoms with Gasteiger partial charge in [0.2, 0.25) is 0 Å². The minimum absolute atomic E-state index is 0.256. The first-order chi connectivity index (χ1) is 7.63. The zero-order chi connectivity index (χ0) is 12.0. The Bertz CT molecular complexity index is 216. The minimum atomic E-state index is -0.745. The van der Waals surface area contributed by atoms with Gasteiger partial charge >= 0.3 is 5.97 Å². The highest BCUT2D eigenvalue weighted by atomic mass is 16.5. The van der Waals surface area contributed by atoms with Gasteiger partial charge in [-0.15, -0.1) is 0 Å². The van der Waals surface area contributed by atoms with E-state index >= 15 is 0 Å². The number of nitrogens with zero attached hydrogens (tertiary/aromatic N) is 1. The van der Waals surface area contributed by atoms with E-state index in [1.807, 2.05) is 4.90 Å². The van der Waals surface area contributed by atoms with Gasteiger partial charge in [-0.2, -0.15) is 0 Å². The summed E-state index contributed by atoms with van der Waals surface area (Å²) in [5.74, 6) is -1.00. The number of rotatable bonds is 8. The molecular formula is C11H21NO4. The molecule has 1 aliphatic rings. The van der Waals surface area contributed by atoms with Crippen molar-refractivity contribution >= 4 is 5.97 Å². The summed E-state index contributed by atoms with van der Waals surface area (Å²) in [5, 5.41) is 18.3. The highest BCUT2D eigenvalue weighted by Gasteiger charge is 2.33. The van der Waals surface area contributed by atoms with Crippen molar-refractivity contribution in [3.8, 4) is 0 Å². The van der Waals surface area contributed by atoms with Gasteiger partial charge in [0, 0.05) is 26.2 Å². The first-order valence-electron chi connectivity index (χ1n) is 5.84. The fourth-order valence-electron chi connectivity index (χ4n) is 1.69. The maximum atomic E-state index is 10.5. The number of carboxylic acid groups (broad SMARTS) is 1. The summed E-state index contributed by atoms with van der Waals surface area (Å²) >= 11 is 0. The normalized spacial score (nSPS) is 19.4. The molecule has 1 rings (SSSR count). The van der Waals surface area contributed by atoms with Crippen molar-refractivity contribution in [2.24, 2.45) is 5.92 Å². The molecule has 0 saturated carbocycles. The number of ether oxygens (including phenoxy) is 1. The molecule has 1 heterocycles. The number of likely N-dealkylation sites (tertiary alicyclic amines) is 1. The predicted octanol–water partition coefficient (Wildman–Crippen LogP) is 0.180. The summed E-state index contributed by atoms with van der Waals surface area (Å²) in [5.41, 5.74) is 0. The summed E-state index contributed by atoms with van der Waals surface area (Å²) in [6, 6.07) is 0. The van der Waals surface area contributed by atoms with Crippen molar-refractivity contribution in [3.63, 3.8) is 0 Å². The molecule has 0 aromatic heterocycles. The molecule has 0 radical (unpaired) electrons. The van der Waals surface area contributed by atoms with Crippen molar-refractivity contribution in [2.45, 2.75) is 25.9 Å². The molecule has 0 aromatic rings. The van der Waals surface area contributed by atoms with Gasteiger partial charge in [0.25, 0.3) is 0 Å². The lowest BCUT2D eigenvalue weighted by atomic mass is 10.0. The van der Waals surface area contributed by atoms with E-state index in [1.54, 1.807) is 0 Å². The zero-order valence-corrected chi connectivity index (χ0v) is 9.76. The molecule has 0 spiro atoms. The lowest BCUT2D eigenvalue weighted by Gasteiger charge is -2.37. The summed E-state index contributed by atoms with van der Waals surface area (Å²) in [7, 11) is 0. The van der Waals surface area contributed by atoms with Crippen LogP contribution in [-0.4, -0.2) is 60.0 Å². The third-order valence-corrected chi connectivity index (χ3v) is 2.73. The monoisotopic (exact) mass is 231 g/mol. The standard InChI is InChI=1S/C11H21NO4/c1-2-3-4-16-8-10(13)7-12-5-9(6-12)11(14)15/h9-10,13H,2-8H2,1H3,(H,14,15). The SMILES string of the molecule is CCCCOCC(O)CN1CC(C(=O)O)C1. The molecule has 5 heteroatoms. The molecule has 0 bridgehead atoms. The zero-order valence-electron chi connectivity index (χ0n) is 9.76. The van der Waals surface area contributed by atoms with Crippen molar-refractivity contribution in [1.29, 1.82) is 0 Å². The van der Waals surface area contributed by atoms with Gasteiger partial charge in [-0.1, -0.05) is 13.3 Å². The second kappa shape index (κ2) is 6.83. The van der Waals surface area contributed by atoms with Crippen LogP contribution in [0, 0.1) is 5.92 Å². The van der Waals surface area contributed by atoms with Crippen LogP contribution in [0.3, 0.4) is 0 Å². The molecule has 1 fully saturated rings. The van der Waals surface area contributed by atoms with E-state index in [0.717, 1.165) is 12.8 Å². The number of unbranched alkanes of at least 4 members (excludes halogenated alkanes) is 1. The van der Waals surface area contributed by atoms with Gasteiger partial charge in [-0.25, -0.2) is 0 Å². The second-order valence-corrected chi connectivity index (χ2v) is 4.34. The molecule has 1 atom stereocenters. The van der Waals surface area contributed by atoms with Crippen molar-refractivity contribution in [1.82, 2.24) is 4.90 Å². The summed E-state index contributed by atoms with van der Waals surface area (Å²) in [6.45, 7) is 4.71. The fraction of sp³-hybridized carbons (Fsp3) is 0.909. The number of aliphatic hydroxyl groups is 1. The van der Waals surface area contributed by atoms with Crippen molar-refractivity contribution in [3.05, 3.63) is 0 Å². The van der Waals surface area contributed by atoms with E-state index in [4.69, 9.17) is 9.84 Å². The van der Waals surface area contributed by atoms with E-state index < -0.39 is 12.1 Å². The summed E-state index contributed by atoms with van der Waals surface area (Å²) in [6.07, 6.45) is 1.59. The minimum Gasteiger partial charge on any atom is -0.481 e. The van der Waals surface area contributed by atoms with Crippen LogP contribution in [0.2, 0.25) is 0 Å². The Labute approximate surface area is 96.0 Å². The topological polar surface area (TPSA) is 70.0 Å². The molecule has 0 aromatic carbocycles. The van der Waals surface area contributed by atoms with E-state index in [1.165, 1.54) is 0 Å². The Kier molecular flexibility index (Phi) is 5.73. The average Bonchev–Trinajstić information content (AvgIpc) is 2.17. The van der Waals surface area contributed by atoms with Crippen LogP contribution in [0.1, 0.15) is 19.8 Å². The Balaban J connectivity index is 1.99. The van der Waals surface area contributed by atoms with Gasteiger partial charge in [0.05, 0.1) is 18.6 Å². The molecule has 5 nitrogen and oxygen atoms in total. The quantitative estimate of drug-likeness (QED) is 0.583. The molecule has 1 unspecified atom stereocenters. The Morgan fingerprint density at radius 1 is 1.56 bits per heavy atom. The van der Waals surface area contributed by atoms with E-state index in [2.05, 4.69) is 6.92 Å². The number of aliphatic carboxylic acids is 1. The maximum Gasteiger partial charge on any atom is 0.309 e. The largest absolute Gasteiger partial charge is 0.481 e. The first-order valence-corrected chi connectivity index (χ1v) is 5.84. The highest BCUT2D eigenvalue weighted by molar-refractivity contribution is 5.71. The van der Waals surface area contributed by atoms with E-state index in [-0.39, 0.29) is 5.92 Å². The second-order valence-electron chi connectivity index (χ2n) is 4.34. The summed E-state index contributed by atoms with van der Waals surface area (Å²) in [4.78, 5) is 12.5. The van der Waals surface area contributed by atoms with E-state index in [0.29, 0.717) is 32.8 Å². The lowest BCUT2D eigenvalue weighted by molar-refractivity contribution is -0.148.